The van der Waals surface area contributed by atoms with Gasteiger partial charge in [0.05, 0.1) is 5.02 Å². The van der Waals surface area contributed by atoms with Crippen molar-refractivity contribution in [3.63, 3.8) is 0 Å². The highest BCUT2D eigenvalue weighted by Crippen LogP contribution is 2.21. The first-order chi connectivity index (χ1) is 10.6. The third kappa shape index (κ3) is 4.92. The topological polar surface area (TPSA) is 79.8 Å². The second-order valence-corrected chi connectivity index (χ2v) is 6.24. The van der Waals surface area contributed by atoms with Crippen molar-refractivity contribution in [3.05, 3.63) is 27.2 Å². The van der Waals surface area contributed by atoms with Gasteiger partial charge in [-0.3, -0.25) is 10.1 Å². The second-order valence-electron chi connectivity index (χ2n) is 4.81. The van der Waals surface area contributed by atoms with E-state index in [2.05, 4.69) is 32.5 Å². The molecule has 0 aliphatic heterocycles. The zero-order valence-electron chi connectivity index (χ0n) is 12.5. The quantitative estimate of drug-likeness (QED) is 0.721. The third-order valence-electron chi connectivity index (χ3n) is 3.12. The monoisotopic (exact) mass is 339 g/mol. The average molecular weight is 340 g/mol. The summed E-state index contributed by atoms with van der Waals surface area (Å²) in [7, 11) is 0. The molecule has 6 nitrogen and oxygen atoms in total. The van der Waals surface area contributed by atoms with E-state index in [4.69, 9.17) is 11.6 Å². The molecular weight excluding hydrogens is 322 g/mol. The van der Waals surface area contributed by atoms with Crippen molar-refractivity contribution in [3.8, 4) is 0 Å². The highest BCUT2D eigenvalue weighted by Gasteiger charge is 2.11. The number of rotatable bonds is 8. The van der Waals surface area contributed by atoms with E-state index in [-0.39, 0.29) is 12.0 Å². The van der Waals surface area contributed by atoms with Gasteiger partial charge in [0.1, 0.15) is 5.82 Å². The van der Waals surface area contributed by atoms with E-state index in [0.717, 1.165) is 24.3 Å². The van der Waals surface area contributed by atoms with Gasteiger partial charge in [-0.15, -0.1) is 11.3 Å². The molecule has 0 saturated heterocycles. The van der Waals surface area contributed by atoms with E-state index in [1.165, 1.54) is 4.88 Å². The normalized spacial score (nSPS) is 12.0. The van der Waals surface area contributed by atoms with Gasteiger partial charge in [0.15, 0.2) is 0 Å². The fourth-order valence-corrected chi connectivity index (χ4v) is 3.12. The maximum absolute atomic E-state index is 10.5. The molecule has 2 N–H and O–H groups in total. The molecule has 1 atom stereocenters. The van der Waals surface area contributed by atoms with Crippen molar-refractivity contribution in [2.75, 3.05) is 10.6 Å². The summed E-state index contributed by atoms with van der Waals surface area (Å²) in [6.07, 6.45) is 3.40. The minimum atomic E-state index is 0.242. The Morgan fingerprint density at radius 1 is 1.36 bits per heavy atom. The molecule has 118 valence electrons. The van der Waals surface area contributed by atoms with Gasteiger partial charge in [0, 0.05) is 16.3 Å². The summed E-state index contributed by atoms with van der Waals surface area (Å²) in [5.41, 5.74) is 0. The van der Waals surface area contributed by atoms with Gasteiger partial charge in [-0.1, -0.05) is 18.5 Å². The smallest absolute Gasteiger partial charge is 0.234 e. The predicted molar refractivity (Wildman–Crippen MR) is 89.6 cm³/mol. The van der Waals surface area contributed by atoms with Gasteiger partial charge in [-0.25, -0.2) is 0 Å². The summed E-state index contributed by atoms with van der Waals surface area (Å²) in [4.78, 5) is 24.2. The van der Waals surface area contributed by atoms with Gasteiger partial charge in [-0.2, -0.15) is 15.0 Å². The molecule has 0 aromatic carbocycles. The van der Waals surface area contributed by atoms with E-state index in [1.807, 2.05) is 11.4 Å². The number of hydrogen-bond acceptors (Lipinski definition) is 6. The first kappa shape index (κ1) is 16.6. The van der Waals surface area contributed by atoms with Crippen molar-refractivity contribution < 1.29 is 4.79 Å². The third-order valence-corrected chi connectivity index (χ3v) is 4.47. The van der Waals surface area contributed by atoms with Gasteiger partial charge in [0.25, 0.3) is 0 Å². The van der Waals surface area contributed by atoms with Gasteiger partial charge in [0.2, 0.25) is 18.3 Å². The number of nitrogens with zero attached hydrogens (tertiary/aromatic N) is 3. The predicted octanol–water partition coefficient (Wildman–Crippen LogP) is 3.29. The SMILES string of the molecule is CCC(CCc1cc(Cl)cs1)Nc1nc(C)nc(NC=O)n1. The molecule has 1 unspecified atom stereocenters. The second kappa shape index (κ2) is 8.05. The van der Waals surface area contributed by atoms with Crippen molar-refractivity contribution in [1.82, 2.24) is 15.0 Å². The maximum Gasteiger partial charge on any atom is 0.234 e. The Labute approximate surface area is 138 Å². The number of thiophene rings is 1. The van der Waals surface area contributed by atoms with Gasteiger partial charge < -0.3 is 5.32 Å². The van der Waals surface area contributed by atoms with Crippen LogP contribution in [-0.2, 0) is 11.2 Å². The molecule has 0 fully saturated rings. The number of carbonyl (C=O) groups is 1. The minimum Gasteiger partial charge on any atom is -0.351 e. The van der Waals surface area contributed by atoms with E-state index < -0.39 is 0 Å². The molecular formula is C14H18ClN5OS. The summed E-state index contributed by atoms with van der Waals surface area (Å²) in [6, 6.07) is 2.24. The molecule has 8 heteroatoms. The van der Waals surface area contributed by atoms with E-state index in [9.17, 15) is 4.79 Å². The summed E-state index contributed by atoms with van der Waals surface area (Å²) < 4.78 is 0. The molecule has 0 saturated carbocycles. The number of amides is 1. The highest BCUT2D eigenvalue weighted by molar-refractivity contribution is 7.10. The molecule has 1 amide bonds. The van der Waals surface area contributed by atoms with Crippen LogP contribution in [-0.4, -0.2) is 27.4 Å². The van der Waals surface area contributed by atoms with Crippen LogP contribution >= 0.6 is 22.9 Å². The lowest BCUT2D eigenvalue weighted by Gasteiger charge is -2.16. The standard InChI is InChI=1S/C14H18ClN5OS/c1-3-11(4-5-12-6-10(15)7-22-12)19-14-18-9(2)17-13(20-14)16-8-21/h6-8,11H,3-5H2,1-2H3,(H2,16,17,18,19,20,21). The first-order valence-electron chi connectivity index (χ1n) is 7.03. The van der Waals surface area contributed by atoms with Crippen LogP contribution in [0.25, 0.3) is 0 Å². The van der Waals surface area contributed by atoms with Crippen molar-refractivity contribution in [1.29, 1.82) is 0 Å². The van der Waals surface area contributed by atoms with Crippen LogP contribution < -0.4 is 10.6 Å². The van der Waals surface area contributed by atoms with Crippen LogP contribution in [0.15, 0.2) is 11.4 Å². The largest absolute Gasteiger partial charge is 0.351 e. The minimum absolute atomic E-state index is 0.242. The molecule has 0 bridgehead atoms. The molecule has 0 spiro atoms. The van der Waals surface area contributed by atoms with Crippen molar-refractivity contribution in [2.24, 2.45) is 0 Å². The Balaban J connectivity index is 1.98. The zero-order chi connectivity index (χ0) is 15.9. The van der Waals surface area contributed by atoms with E-state index in [0.29, 0.717) is 18.2 Å². The number of hydrogen-bond donors (Lipinski definition) is 2. The molecule has 2 aromatic heterocycles. The van der Waals surface area contributed by atoms with E-state index in [1.54, 1.807) is 18.3 Å². The van der Waals surface area contributed by atoms with Crippen LogP contribution in [0.1, 0.15) is 30.5 Å². The maximum atomic E-state index is 10.5. The summed E-state index contributed by atoms with van der Waals surface area (Å²) in [5, 5.41) is 8.48. The Bertz CT molecular complexity index is 633. The number of aromatic nitrogens is 3. The van der Waals surface area contributed by atoms with Gasteiger partial charge >= 0.3 is 0 Å². The Hall–Kier alpha value is -1.73. The molecule has 0 aliphatic carbocycles. The lowest BCUT2D eigenvalue weighted by atomic mass is 10.1. The van der Waals surface area contributed by atoms with Crippen LogP contribution in [0.3, 0.4) is 0 Å². The van der Waals surface area contributed by atoms with Crippen LogP contribution in [0.2, 0.25) is 5.02 Å². The van der Waals surface area contributed by atoms with Crippen molar-refractivity contribution in [2.45, 2.75) is 39.2 Å². The number of carbonyl (C=O) groups excluding carboxylic acids is 1. The van der Waals surface area contributed by atoms with Crippen LogP contribution in [0.5, 0.6) is 0 Å². The Kier molecular flexibility index (Phi) is 6.09. The number of nitrogens with one attached hydrogen (secondary N) is 2. The lowest BCUT2D eigenvalue weighted by Crippen LogP contribution is -2.21. The zero-order valence-corrected chi connectivity index (χ0v) is 14.0. The number of anilines is 2. The van der Waals surface area contributed by atoms with Crippen LogP contribution in [0.4, 0.5) is 11.9 Å². The molecule has 0 aliphatic rings. The highest BCUT2D eigenvalue weighted by atomic mass is 35.5. The summed E-state index contributed by atoms with van der Waals surface area (Å²) in [5.74, 6) is 1.29. The Morgan fingerprint density at radius 2 is 2.14 bits per heavy atom. The lowest BCUT2D eigenvalue weighted by molar-refractivity contribution is -0.105. The number of aryl methyl sites for hydroxylation is 2. The molecule has 2 aromatic rings. The molecule has 22 heavy (non-hydrogen) atoms. The molecule has 2 rings (SSSR count). The van der Waals surface area contributed by atoms with Crippen LogP contribution in [0, 0.1) is 6.92 Å². The Morgan fingerprint density at radius 3 is 2.77 bits per heavy atom. The van der Waals surface area contributed by atoms with Crippen molar-refractivity contribution >= 4 is 41.2 Å². The first-order valence-corrected chi connectivity index (χ1v) is 8.28. The fourth-order valence-electron chi connectivity index (χ4n) is 2.03. The average Bonchev–Trinajstić information content (AvgIpc) is 2.89. The van der Waals surface area contributed by atoms with E-state index >= 15 is 0 Å². The molecule has 2 heterocycles. The van der Waals surface area contributed by atoms with Gasteiger partial charge in [-0.05, 0) is 32.3 Å². The summed E-state index contributed by atoms with van der Waals surface area (Å²) >= 11 is 7.61. The fraction of sp³-hybridized carbons (Fsp3) is 0.429. The number of halogens is 1. The molecule has 0 radical (unpaired) electrons. The summed E-state index contributed by atoms with van der Waals surface area (Å²) in [6.45, 7) is 3.87.